The van der Waals surface area contributed by atoms with E-state index in [4.69, 9.17) is 0 Å². The summed E-state index contributed by atoms with van der Waals surface area (Å²) in [7, 11) is 0. The van der Waals surface area contributed by atoms with Gasteiger partial charge in [-0.25, -0.2) is 0 Å². The van der Waals surface area contributed by atoms with Crippen LogP contribution in [0.5, 0.6) is 0 Å². The van der Waals surface area contributed by atoms with Crippen LogP contribution in [0.1, 0.15) is 91.9 Å². The Morgan fingerprint density at radius 2 is 2.07 bits per heavy atom. The topological polar surface area (TPSA) is 74.6 Å². The van der Waals surface area contributed by atoms with Crippen LogP contribution in [0.2, 0.25) is 0 Å². The summed E-state index contributed by atoms with van der Waals surface area (Å²) in [4.78, 5) is 24.0. The van der Waals surface area contributed by atoms with E-state index >= 15 is 0 Å². The molecule has 2 fully saturated rings. The number of aliphatic hydroxyl groups is 2. The van der Waals surface area contributed by atoms with Crippen LogP contribution in [-0.2, 0) is 9.59 Å². The summed E-state index contributed by atoms with van der Waals surface area (Å²) in [5, 5.41) is 19.9. The van der Waals surface area contributed by atoms with E-state index in [1.807, 2.05) is 13.8 Å². The number of hydrogen-bond acceptors (Lipinski definition) is 4. The first kappa shape index (κ1) is 23.4. The van der Waals surface area contributed by atoms with Crippen LogP contribution in [0.4, 0.5) is 0 Å². The van der Waals surface area contributed by atoms with Crippen LogP contribution in [0.25, 0.3) is 0 Å². The van der Waals surface area contributed by atoms with Crippen molar-refractivity contribution in [1.82, 2.24) is 0 Å². The number of carbonyl (C=O) groups excluding carboxylic acids is 2. The summed E-state index contributed by atoms with van der Waals surface area (Å²) in [6.45, 7) is 8.50. The van der Waals surface area contributed by atoms with Gasteiger partial charge in [0.1, 0.15) is 0 Å². The summed E-state index contributed by atoms with van der Waals surface area (Å²) in [6, 6.07) is 0. The Hall–Kier alpha value is -1.26. The lowest BCUT2D eigenvalue weighted by Crippen LogP contribution is -2.36. The maximum absolute atomic E-state index is 12.2. The zero-order valence-electron chi connectivity index (χ0n) is 19.2. The normalized spacial score (nSPS) is 34.8. The highest BCUT2D eigenvalue weighted by Gasteiger charge is 2.46. The molecule has 0 heterocycles. The predicted octanol–water partition coefficient (Wildman–Crippen LogP) is 4.93. The molecule has 2 N–H and O–H groups in total. The van der Waals surface area contributed by atoms with Crippen LogP contribution in [0.3, 0.4) is 0 Å². The van der Waals surface area contributed by atoms with Gasteiger partial charge in [-0.2, -0.15) is 0 Å². The summed E-state index contributed by atoms with van der Waals surface area (Å²) in [5.41, 5.74) is 2.61. The van der Waals surface area contributed by atoms with Gasteiger partial charge in [-0.15, -0.1) is 0 Å². The van der Waals surface area contributed by atoms with Crippen molar-refractivity contribution >= 4 is 11.6 Å². The van der Waals surface area contributed by atoms with E-state index in [0.717, 1.165) is 38.5 Å². The molecular formula is C26H40O4. The highest BCUT2D eigenvalue weighted by Crippen LogP contribution is 2.57. The van der Waals surface area contributed by atoms with E-state index in [-0.39, 0.29) is 23.5 Å². The molecule has 4 heteroatoms. The first-order valence-corrected chi connectivity index (χ1v) is 11.9. The van der Waals surface area contributed by atoms with Gasteiger partial charge in [0.05, 0.1) is 11.7 Å². The molecule has 0 saturated heterocycles. The Balaban J connectivity index is 1.65. The van der Waals surface area contributed by atoms with Gasteiger partial charge in [0, 0.05) is 12.3 Å². The summed E-state index contributed by atoms with van der Waals surface area (Å²) < 4.78 is 0. The minimum absolute atomic E-state index is 0.00870. The number of Topliss-reactive ketones (excluding diaryl/α,β-unsaturated/α-hetero) is 2. The zero-order chi connectivity index (χ0) is 22.1. The third-order valence-electron chi connectivity index (χ3n) is 7.86. The number of aliphatic hydroxyl groups excluding tert-OH is 1. The Labute approximate surface area is 181 Å². The maximum Gasteiger partial charge on any atom is 0.201 e. The van der Waals surface area contributed by atoms with Gasteiger partial charge in [-0.05, 0) is 82.5 Å². The Bertz CT molecular complexity index is 726. The quantitative estimate of drug-likeness (QED) is 0.456. The highest BCUT2D eigenvalue weighted by atomic mass is 16.3. The van der Waals surface area contributed by atoms with Crippen LogP contribution >= 0.6 is 0 Å². The molecule has 3 rings (SSSR count). The van der Waals surface area contributed by atoms with Crippen molar-refractivity contribution in [2.24, 2.45) is 23.2 Å². The van der Waals surface area contributed by atoms with E-state index in [1.165, 1.54) is 12.0 Å². The van der Waals surface area contributed by atoms with E-state index in [1.54, 1.807) is 5.57 Å². The monoisotopic (exact) mass is 416 g/mol. The fourth-order valence-corrected chi connectivity index (χ4v) is 6.22. The number of rotatable bonds is 7. The smallest absolute Gasteiger partial charge is 0.201 e. The minimum atomic E-state index is -0.667. The second kappa shape index (κ2) is 9.08. The second-order valence-electron chi connectivity index (χ2n) is 10.9. The Kier molecular flexibility index (Phi) is 7.08. The first-order chi connectivity index (χ1) is 14.0. The van der Waals surface area contributed by atoms with Gasteiger partial charge < -0.3 is 10.2 Å². The minimum Gasteiger partial charge on any atom is -0.393 e. The lowest BCUT2D eigenvalue weighted by molar-refractivity contribution is -0.143. The fourth-order valence-electron chi connectivity index (χ4n) is 6.22. The van der Waals surface area contributed by atoms with Crippen molar-refractivity contribution < 1.29 is 19.8 Å². The van der Waals surface area contributed by atoms with Crippen molar-refractivity contribution in [3.8, 4) is 0 Å². The van der Waals surface area contributed by atoms with Gasteiger partial charge in [0.15, 0.2) is 0 Å². The lowest BCUT2D eigenvalue weighted by atomic mass is 9.62. The van der Waals surface area contributed by atoms with Crippen LogP contribution < -0.4 is 0 Å². The molecule has 5 atom stereocenters. The summed E-state index contributed by atoms with van der Waals surface area (Å²) in [5.74, 6) is -0.0278. The molecule has 2 saturated carbocycles. The van der Waals surface area contributed by atoms with E-state index in [0.29, 0.717) is 24.7 Å². The lowest BCUT2D eigenvalue weighted by Gasteiger charge is -2.43. The van der Waals surface area contributed by atoms with Crippen LogP contribution in [0.15, 0.2) is 23.3 Å². The number of hydrogen-bond donors (Lipinski definition) is 2. The molecule has 168 valence electrons. The molecule has 0 aromatic carbocycles. The Morgan fingerprint density at radius 3 is 2.77 bits per heavy atom. The average molecular weight is 417 g/mol. The molecule has 0 aromatic rings. The molecule has 5 unspecified atom stereocenters. The standard InChI is InChI=1S/C26H40O4/c1-17(7-5-13-25(2,3)30)21-11-12-22-18(8-6-14-26(21,22)4)9-10-19-15-20(27)16-23(28)24(19)29/h9,11,17,19-20,22,27,30H,5-8,10,12-16H2,1-4H3. The van der Waals surface area contributed by atoms with Gasteiger partial charge in [-0.3, -0.25) is 9.59 Å². The van der Waals surface area contributed by atoms with Crippen molar-refractivity contribution in [3.63, 3.8) is 0 Å². The van der Waals surface area contributed by atoms with Crippen LogP contribution in [-0.4, -0.2) is 33.5 Å². The van der Waals surface area contributed by atoms with Gasteiger partial charge in [0.25, 0.3) is 0 Å². The molecule has 4 nitrogen and oxygen atoms in total. The molecule has 0 aromatic heterocycles. The van der Waals surface area contributed by atoms with E-state index < -0.39 is 17.5 Å². The fraction of sp³-hybridized carbons (Fsp3) is 0.769. The number of fused-ring (bicyclic) bond motifs is 1. The average Bonchev–Trinajstić information content (AvgIpc) is 3.00. The van der Waals surface area contributed by atoms with Gasteiger partial charge in [0.2, 0.25) is 11.6 Å². The first-order valence-electron chi connectivity index (χ1n) is 11.9. The summed E-state index contributed by atoms with van der Waals surface area (Å²) in [6.07, 6.45) is 12.5. The van der Waals surface area contributed by atoms with Crippen molar-refractivity contribution in [1.29, 1.82) is 0 Å². The largest absolute Gasteiger partial charge is 0.393 e. The maximum atomic E-state index is 12.2. The molecule has 3 aliphatic carbocycles. The SMILES string of the molecule is CC(CCCC(C)(C)O)C1=CCC2C(=CCC3CC(O)CC(=O)C3=O)CCCC12C. The molecule has 30 heavy (non-hydrogen) atoms. The number of allylic oxidation sites excluding steroid dienone is 4. The highest BCUT2D eigenvalue weighted by molar-refractivity contribution is 6.38. The molecule has 0 amide bonds. The van der Waals surface area contributed by atoms with E-state index in [2.05, 4.69) is 26.0 Å². The van der Waals surface area contributed by atoms with Crippen molar-refractivity contribution in [3.05, 3.63) is 23.3 Å². The van der Waals surface area contributed by atoms with Crippen LogP contribution in [0, 0.1) is 23.2 Å². The molecular weight excluding hydrogens is 376 g/mol. The summed E-state index contributed by atoms with van der Waals surface area (Å²) >= 11 is 0. The molecule has 0 radical (unpaired) electrons. The van der Waals surface area contributed by atoms with Gasteiger partial charge in [-0.1, -0.05) is 43.6 Å². The van der Waals surface area contributed by atoms with E-state index in [9.17, 15) is 19.8 Å². The molecule has 3 aliphatic rings. The number of ketones is 2. The third-order valence-corrected chi connectivity index (χ3v) is 7.86. The van der Waals surface area contributed by atoms with Crippen molar-refractivity contribution in [2.75, 3.05) is 0 Å². The molecule has 0 bridgehead atoms. The Morgan fingerprint density at radius 1 is 1.33 bits per heavy atom. The second-order valence-corrected chi connectivity index (χ2v) is 10.9. The zero-order valence-corrected chi connectivity index (χ0v) is 19.2. The third kappa shape index (κ3) is 5.13. The molecule has 0 aliphatic heterocycles. The number of carbonyl (C=O) groups is 2. The van der Waals surface area contributed by atoms with Gasteiger partial charge >= 0.3 is 0 Å². The predicted molar refractivity (Wildman–Crippen MR) is 119 cm³/mol. The molecule has 0 spiro atoms. The van der Waals surface area contributed by atoms with Crippen molar-refractivity contribution in [2.45, 2.75) is 104 Å².